The predicted octanol–water partition coefficient (Wildman–Crippen LogP) is 2.82. The number of imidazole rings is 1. The highest BCUT2D eigenvalue weighted by Gasteiger charge is 2.13. The maximum absolute atomic E-state index is 9.48. The molecule has 0 aliphatic heterocycles. The molecule has 98 valence electrons. The minimum absolute atomic E-state index is 0.124. The molecule has 0 unspecified atom stereocenters. The number of aromatic nitrogens is 2. The first-order valence-corrected chi connectivity index (χ1v) is 5.99. The van der Waals surface area contributed by atoms with Crippen LogP contribution in [0.5, 0.6) is 11.5 Å². The number of hydrogen-bond donors (Lipinski definition) is 2. The molecule has 0 saturated heterocycles. The molecule has 2 N–H and O–H groups in total. The average Bonchev–Trinajstić information content (AvgIpc) is 2.90. The molecule has 2 aromatic carbocycles. The number of methoxy groups -OCH3 is 1. The Morgan fingerprint density at radius 2 is 2.15 bits per heavy atom. The number of phenolic OH excluding ortho intramolecular Hbond substituents is 1. The molecule has 0 amide bonds. The third-order valence-corrected chi connectivity index (χ3v) is 3.07. The molecule has 1 aromatic heterocycles. The van der Waals surface area contributed by atoms with Crippen LogP contribution in [-0.4, -0.2) is 22.2 Å². The smallest absolute Gasteiger partial charge is 0.142 e. The van der Waals surface area contributed by atoms with Crippen LogP contribution in [0.15, 0.2) is 36.4 Å². The van der Waals surface area contributed by atoms with Crippen molar-refractivity contribution in [2.24, 2.45) is 0 Å². The number of H-pyrrole nitrogens is 1. The Kier molecular flexibility index (Phi) is 2.77. The van der Waals surface area contributed by atoms with Crippen LogP contribution < -0.4 is 4.74 Å². The Bertz CT molecular complexity index is 831. The van der Waals surface area contributed by atoms with E-state index in [9.17, 15) is 5.11 Å². The number of hydrogen-bond acceptors (Lipinski definition) is 4. The lowest BCUT2D eigenvalue weighted by molar-refractivity contribution is 0.409. The van der Waals surface area contributed by atoms with E-state index in [0.717, 1.165) is 11.1 Å². The number of benzene rings is 2. The van der Waals surface area contributed by atoms with Gasteiger partial charge in [0.1, 0.15) is 28.9 Å². The van der Waals surface area contributed by atoms with Crippen molar-refractivity contribution in [2.45, 2.75) is 0 Å². The quantitative estimate of drug-likeness (QED) is 0.746. The molecule has 0 saturated carbocycles. The molecule has 5 nitrogen and oxygen atoms in total. The number of para-hydroxylation sites is 1. The number of nitrogens with one attached hydrogen (secondary N) is 1. The van der Waals surface area contributed by atoms with Gasteiger partial charge >= 0.3 is 0 Å². The summed E-state index contributed by atoms with van der Waals surface area (Å²) in [6, 6.07) is 12.3. The lowest BCUT2D eigenvalue weighted by Crippen LogP contribution is -1.89. The first kappa shape index (κ1) is 12.1. The number of aromatic amines is 1. The summed E-state index contributed by atoms with van der Waals surface area (Å²) in [5, 5.41) is 18.6. The monoisotopic (exact) mass is 265 g/mol. The molecule has 20 heavy (non-hydrogen) atoms. The van der Waals surface area contributed by atoms with Crippen molar-refractivity contribution >= 4 is 11.0 Å². The molecule has 5 heteroatoms. The normalized spacial score (nSPS) is 10.4. The Labute approximate surface area is 115 Å². The summed E-state index contributed by atoms with van der Waals surface area (Å²) >= 11 is 0. The van der Waals surface area contributed by atoms with Crippen LogP contribution in [0.3, 0.4) is 0 Å². The van der Waals surface area contributed by atoms with Crippen LogP contribution in [0.2, 0.25) is 0 Å². The molecule has 0 atom stereocenters. The standard InChI is InChI=1S/C15H11N3O2/c1-20-13-7-10(19)5-6-11(13)15-17-12-4-2-3-9(8-16)14(12)18-15/h2-7,19H,1H3,(H,17,18). The Morgan fingerprint density at radius 1 is 1.30 bits per heavy atom. The van der Waals surface area contributed by atoms with Crippen molar-refractivity contribution in [1.82, 2.24) is 9.97 Å². The van der Waals surface area contributed by atoms with Crippen molar-refractivity contribution in [3.63, 3.8) is 0 Å². The molecule has 0 aliphatic rings. The summed E-state index contributed by atoms with van der Waals surface area (Å²) < 4.78 is 5.25. The fourth-order valence-corrected chi connectivity index (χ4v) is 2.13. The van der Waals surface area contributed by atoms with Crippen LogP contribution >= 0.6 is 0 Å². The fourth-order valence-electron chi connectivity index (χ4n) is 2.13. The highest BCUT2D eigenvalue weighted by Crippen LogP contribution is 2.32. The summed E-state index contributed by atoms with van der Waals surface area (Å²) in [5.74, 6) is 1.24. The molecule has 3 rings (SSSR count). The van der Waals surface area contributed by atoms with Crippen LogP contribution in [0, 0.1) is 11.3 Å². The van der Waals surface area contributed by atoms with Gasteiger partial charge in [-0.05, 0) is 24.3 Å². The van der Waals surface area contributed by atoms with E-state index in [-0.39, 0.29) is 5.75 Å². The average molecular weight is 265 g/mol. The first-order valence-electron chi connectivity index (χ1n) is 5.99. The van der Waals surface area contributed by atoms with Gasteiger partial charge < -0.3 is 14.8 Å². The molecule has 0 aliphatic carbocycles. The van der Waals surface area contributed by atoms with Gasteiger partial charge in [0, 0.05) is 6.07 Å². The molecule has 0 radical (unpaired) electrons. The van der Waals surface area contributed by atoms with Gasteiger partial charge in [-0.25, -0.2) is 4.98 Å². The van der Waals surface area contributed by atoms with Crippen LogP contribution in [0.4, 0.5) is 0 Å². The summed E-state index contributed by atoms with van der Waals surface area (Å²) in [4.78, 5) is 7.61. The number of ether oxygens (including phenoxy) is 1. The van der Waals surface area contributed by atoms with Gasteiger partial charge in [-0.2, -0.15) is 5.26 Å². The van der Waals surface area contributed by atoms with Crippen molar-refractivity contribution in [3.05, 3.63) is 42.0 Å². The molecule has 0 bridgehead atoms. The van der Waals surface area contributed by atoms with Gasteiger partial charge in [0.25, 0.3) is 0 Å². The number of nitrogens with zero attached hydrogens (tertiary/aromatic N) is 2. The maximum Gasteiger partial charge on any atom is 0.142 e. The number of fused-ring (bicyclic) bond motifs is 1. The predicted molar refractivity (Wildman–Crippen MR) is 74.5 cm³/mol. The lowest BCUT2D eigenvalue weighted by atomic mass is 10.2. The van der Waals surface area contributed by atoms with Gasteiger partial charge in [-0.15, -0.1) is 0 Å². The van der Waals surface area contributed by atoms with Gasteiger partial charge in [0.15, 0.2) is 0 Å². The topological polar surface area (TPSA) is 81.9 Å². The molecular weight excluding hydrogens is 254 g/mol. The maximum atomic E-state index is 9.48. The van der Waals surface area contributed by atoms with Crippen LogP contribution in [0.1, 0.15) is 5.56 Å². The number of nitriles is 1. The van der Waals surface area contributed by atoms with Crippen molar-refractivity contribution in [2.75, 3.05) is 7.11 Å². The van der Waals surface area contributed by atoms with Crippen molar-refractivity contribution in [3.8, 4) is 29.0 Å². The van der Waals surface area contributed by atoms with E-state index >= 15 is 0 Å². The minimum Gasteiger partial charge on any atom is -0.508 e. The van der Waals surface area contributed by atoms with E-state index in [1.54, 1.807) is 24.3 Å². The highest BCUT2D eigenvalue weighted by molar-refractivity contribution is 5.85. The second-order valence-corrected chi connectivity index (χ2v) is 4.28. The van der Waals surface area contributed by atoms with Crippen molar-refractivity contribution in [1.29, 1.82) is 5.26 Å². The Balaban J connectivity index is 2.23. The van der Waals surface area contributed by atoms with Gasteiger partial charge in [-0.3, -0.25) is 0 Å². The van der Waals surface area contributed by atoms with Gasteiger partial charge in [0.2, 0.25) is 0 Å². The van der Waals surface area contributed by atoms with E-state index in [1.807, 2.05) is 6.07 Å². The lowest BCUT2D eigenvalue weighted by Gasteiger charge is -2.06. The molecule has 3 aromatic rings. The zero-order valence-corrected chi connectivity index (χ0v) is 10.7. The van der Waals surface area contributed by atoms with Crippen LogP contribution in [0.25, 0.3) is 22.4 Å². The number of aromatic hydroxyl groups is 1. The largest absolute Gasteiger partial charge is 0.508 e. The third kappa shape index (κ3) is 1.84. The van der Waals surface area contributed by atoms with E-state index in [0.29, 0.717) is 22.7 Å². The zero-order valence-electron chi connectivity index (χ0n) is 10.7. The third-order valence-electron chi connectivity index (χ3n) is 3.07. The van der Waals surface area contributed by atoms with Crippen molar-refractivity contribution < 1.29 is 9.84 Å². The Morgan fingerprint density at radius 3 is 2.90 bits per heavy atom. The number of phenols is 1. The number of rotatable bonds is 2. The Hall–Kier alpha value is -3.00. The molecule has 0 spiro atoms. The summed E-state index contributed by atoms with van der Waals surface area (Å²) in [5.41, 5.74) is 2.66. The summed E-state index contributed by atoms with van der Waals surface area (Å²) in [6.07, 6.45) is 0. The molecule has 1 heterocycles. The second-order valence-electron chi connectivity index (χ2n) is 4.28. The minimum atomic E-state index is 0.124. The van der Waals surface area contributed by atoms with E-state index in [2.05, 4.69) is 16.0 Å². The SMILES string of the molecule is COc1cc(O)ccc1-c1nc2c(C#N)cccc2[nH]1. The zero-order chi connectivity index (χ0) is 14.1. The van der Waals surface area contributed by atoms with E-state index in [4.69, 9.17) is 10.00 Å². The highest BCUT2D eigenvalue weighted by atomic mass is 16.5. The van der Waals surface area contributed by atoms with Gasteiger partial charge in [0.05, 0.1) is 23.8 Å². The van der Waals surface area contributed by atoms with E-state index < -0.39 is 0 Å². The molecule has 0 fully saturated rings. The molecular formula is C15H11N3O2. The fraction of sp³-hybridized carbons (Fsp3) is 0.0667. The summed E-state index contributed by atoms with van der Waals surface area (Å²) in [7, 11) is 1.53. The van der Waals surface area contributed by atoms with Crippen LogP contribution in [-0.2, 0) is 0 Å². The first-order chi connectivity index (χ1) is 9.72. The second kappa shape index (κ2) is 4.59. The summed E-state index contributed by atoms with van der Waals surface area (Å²) in [6.45, 7) is 0. The van der Waals surface area contributed by atoms with E-state index in [1.165, 1.54) is 13.2 Å². The van der Waals surface area contributed by atoms with Gasteiger partial charge in [-0.1, -0.05) is 6.07 Å².